The normalized spacial score (nSPS) is 7.78. The van der Waals surface area contributed by atoms with Crippen LogP contribution in [0, 0.1) is 0 Å². The molecule has 0 bridgehead atoms. The molecule has 52 valence electrons. The zero-order valence-corrected chi connectivity index (χ0v) is 6.04. The van der Waals surface area contributed by atoms with Crippen molar-refractivity contribution in [3.63, 3.8) is 0 Å². The minimum absolute atomic E-state index is 0.486. The summed E-state index contributed by atoms with van der Waals surface area (Å²) < 4.78 is 4.23. The molecule has 0 fully saturated rings. The maximum Gasteiger partial charge on any atom is 0.425 e. The number of amides is 1. The van der Waals surface area contributed by atoms with Gasteiger partial charge in [-0.1, -0.05) is 12.2 Å². The summed E-state index contributed by atoms with van der Waals surface area (Å²) in [4.78, 5) is 10.7. The van der Waals surface area contributed by atoms with Crippen LogP contribution in [0.15, 0.2) is 0 Å². The third kappa shape index (κ3) is 5.02. The third-order valence-corrected chi connectivity index (χ3v) is 0.628. The molecule has 0 saturated heterocycles. The summed E-state index contributed by atoms with van der Waals surface area (Å²) in [6, 6.07) is 0. The lowest BCUT2D eigenvalue weighted by molar-refractivity contribution is 0.169. The monoisotopic (exact) mass is 148 g/mol. The number of carbonyl (C=O) groups excluding carboxylic acids is 1. The lowest BCUT2D eigenvalue weighted by Crippen LogP contribution is -2.39. The minimum Gasteiger partial charge on any atom is -0.452 e. The van der Waals surface area contributed by atoms with E-state index in [1.54, 1.807) is 6.92 Å². The van der Waals surface area contributed by atoms with Gasteiger partial charge >= 0.3 is 6.09 Å². The van der Waals surface area contributed by atoms with E-state index in [0.29, 0.717) is 4.99 Å². The molecule has 0 aromatic heterocycles. The van der Waals surface area contributed by atoms with Crippen molar-refractivity contribution < 1.29 is 9.53 Å². The van der Waals surface area contributed by atoms with Crippen molar-refractivity contribution in [2.24, 2.45) is 0 Å². The van der Waals surface area contributed by atoms with Crippen LogP contribution >= 0.6 is 12.2 Å². The Balaban J connectivity index is 3.28. The van der Waals surface area contributed by atoms with E-state index in [9.17, 15) is 4.79 Å². The number of nitrogens with one attached hydrogen (secondary N) is 2. The average Bonchev–Trinajstić information content (AvgIpc) is 1.83. The van der Waals surface area contributed by atoms with E-state index in [1.807, 2.05) is 0 Å². The Morgan fingerprint density at radius 1 is 1.56 bits per heavy atom. The van der Waals surface area contributed by atoms with Crippen LogP contribution in [0.1, 0.15) is 6.92 Å². The second kappa shape index (κ2) is 4.08. The van der Waals surface area contributed by atoms with E-state index >= 15 is 0 Å². The zero-order valence-electron chi connectivity index (χ0n) is 5.22. The number of carbonyl (C=O) groups is 1. The van der Waals surface area contributed by atoms with E-state index in [2.05, 4.69) is 27.8 Å². The first-order chi connectivity index (χ1) is 4.16. The number of methoxy groups -OCH3 is 1. The van der Waals surface area contributed by atoms with Crippen molar-refractivity contribution in [1.29, 1.82) is 0 Å². The zero-order chi connectivity index (χ0) is 7.28. The predicted octanol–water partition coefficient (Wildman–Crippen LogP) is 0.194. The Kier molecular flexibility index (Phi) is 3.70. The van der Waals surface area contributed by atoms with Gasteiger partial charge in [-0.2, -0.15) is 0 Å². The van der Waals surface area contributed by atoms with Crippen LogP contribution in [-0.4, -0.2) is 18.2 Å². The van der Waals surface area contributed by atoms with Crippen LogP contribution in [0.5, 0.6) is 0 Å². The predicted molar refractivity (Wildman–Crippen MR) is 36.9 cm³/mol. The molecule has 0 aliphatic carbocycles. The van der Waals surface area contributed by atoms with Gasteiger partial charge < -0.3 is 4.74 Å². The van der Waals surface area contributed by atoms with E-state index in [1.165, 1.54) is 7.11 Å². The van der Waals surface area contributed by atoms with Gasteiger partial charge in [-0.15, -0.1) is 0 Å². The van der Waals surface area contributed by atoms with E-state index < -0.39 is 6.09 Å². The van der Waals surface area contributed by atoms with Gasteiger partial charge in [0.1, 0.15) is 0 Å². The number of thiocarbonyl (C=S) groups is 1. The van der Waals surface area contributed by atoms with Gasteiger partial charge in [0.25, 0.3) is 0 Å². The number of hydrogen-bond donors (Lipinski definition) is 2. The number of hydrazine groups is 1. The Hall–Kier alpha value is -0.840. The smallest absolute Gasteiger partial charge is 0.425 e. The SMILES string of the molecule is COC(=O)NNC(C)=S. The molecule has 0 aromatic carbocycles. The van der Waals surface area contributed by atoms with Crippen LogP contribution in [0.25, 0.3) is 0 Å². The molecule has 2 N–H and O–H groups in total. The first-order valence-electron chi connectivity index (χ1n) is 2.27. The topological polar surface area (TPSA) is 50.4 Å². The highest BCUT2D eigenvalue weighted by atomic mass is 32.1. The molecule has 0 spiro atoms. The van der Waals surface area contributed by atoms with Crippen molar-refractivity contribution in [3.8, 4) is 0 Å². The van der Waals surface area contributed by atoms with Crippen molar-refractivity contribution in [2.75, 3.05) is 7.11 Å². The molecule has 9 heavy (non-hydrogen) atoms. The van der Waals surface area contributed by atoms with Crippen molar-refractivity contribution in [3.05, 3.63) is 0 Å². The maximum atomic E-state index is 10.3. The highest BCUT2D eigenvalue weighted by molar-refractivity contribution is 7.80. The van der Waals surface area contributed by atoms with Crippen LogP contribution in [0.4, 0.5) is 4.79 Å². The van der Waals surface area contributed by atoms with Gasteiger partial charge in [-0.25, -0.2) is 10.2 Å². The van der Waals surface area contributed by atoms with Gasteiger partial charge in [-0.05, 0) is 6.92 Å². The van der Waals surface area contributed by atoms with Gasteiger partial charge in [0.15, 0.2) is 0 Å². The highest BCUT2D eigenvalue weighted by Gasteiger charge is 1.93. The molecule has 1 amide bonds. The van der Waals surface area contributed by atoms with Gasteiger partial charge in [-0.3, -0.25) is 5.43 Å². The fraction of sp³-hybridized carbons (Fsp3) is 0.500. The van der Waals surface area contributed by atoms with Gasteiger partial charge in [0.05, 0.1) is 12.1 Å². The molecule has 0 atom stereocenters. The summed E-state index contributed by atoms with van der Waals surface area (Å²) in [5.74, 6) is 0. The van der Waals surface area contributed by atoms with Crippen molar-refractivity contribution >= 4 is 23.3 Å². The molecular weight excluding hydrogens is 140 g/mol. The molecule has 5 heteroatoms. The van der Waals surface area contributed by atoms with Crippen LogP contribution < -0.4 is 10.9 Å². The molecular formula is C4H8N2O2S. The van der Waals surface area contributed by atoms with E-state index in [4.69, 9.17) is 0 Å². The molecule has 0 aliphatic rings. The first kappa shape index (κ1) is 8.16. The summed E-state index contributed by atoms with van der Waals surface area (Å²) in [5, 5.41) is 0. The Morgan fingerprint density at radius 3 is 2.44 bits per heavy atom. The molecule has 0 radical (unpaired) electrons. The van der Waals surface area contributed by atoms with Crippen LogP contribution in [0.2, 0.25) is 0 Å². The summed E-state index contributed by atoms with van der Waals surface area (Å²) in [6.07, 6.45) is -0.556. The van der Waals surface area contributed by atoms with E-state index in [-0.39, 0.29) is 0 Å². The Bertz CT molecular complexity index is 126. The van der Waals surface area contributed by atoms with Gasteiger partial charge in [0, 0.05) is 0 Å². The average molecular weight is 148 g/mol. The number of ether oxygens (including phenoxy) is 1. The largest absolute Gasteiger partial charge is 0.452 e. The molecule has 0 saturated carbocycles. The maximum absolute atomic E-state index is 10.3. The molecule has 4 nitrogen and oxygen atoms in total. The lowest BCUT2D eigenvalue weighted by atomic mass is 10.8. The number of rotatable bonds is 0. The second-order valence-corrected chi connectivity index (χ2v) is 1.91. The third-order valence-electron chi connectivity index (χ3n) is 0.526. The molecule has 0 aromatic rings. The quantitative estimate of drug-likeness (QED) is 0.380. The second-order valence-electron chi connectivity index (χ2n) is 1.30. The molecule has 0 aliphatic heterocycles. The summed E-state index contributed by atoms with van der Waals surface area (Å²) in [7, 11) is 1.27. The van der Waals surface area contributed by atoms with Crippen molar-refractivity contribution in [1.82, 2.24) is 10.9 Å². The molecule has 0 unspecified atom stereocenters. The Labute approximate surface area is 58.5 Å². The van der Waals surface area contributed by atoms with Crippen LogP contribution in [-0.2, 0) is 4.74 Å². The minimum atomic E-state index is -0.556. The van der Waals surface area contributed by atoms with Crippen LogP contribution in [0.3, 0.4) is 0 Å². The Morgan fingerprint density at radius 2 is 2.11 bits per heavy atom. The fourth-order valence-corrected chi connectivity index (χ4v) is 0.241. The first-order valence-corrected chi connectivity index (χ1v) is 2.68. The fourth-order valence-electron chi connectivity index (χ4n) is 0.190. The van der Waals surface area contributed by atoms with Gasteiger partial charge in [0.2, 0.25) is 0 Å². The standard InChI is InChI=1S/C4H8N2O2S/c1-3(9)5-6-4(7)8-2/h1-2H3,(H,5,9)(H,6,7). The lowest BCUT2D eigenvalue weighted by Gasteiger charge is -2.02. The summed E-state index contributed by atoms with van der Waals surface area (Å²) in [6.45, 7) is 1.64. The highest BCUT2D eigenvalue weighted by Crippen LogP contribution is 1.67. The summed E-state index contributed by atoms with van der Waals surface area (Å²) >= 11 is 4.58. The van der Waals surface area contributed by atoms with Crippen molar-refractivity contribution in [2.45, 2.75) is 6.92 Å². The molecule has 0 rings (SSSR count). The summed E-state index contributed by atoms with van der Waals surface area (Å²) in [5.41, 5.74) is 4.58. The molecule has 0 heterocycles. The van der Waals surface area contributed by atoms with E-state index in [0.717, 1.165) is 0 Å². The number of hydrogen-bond acceptors (Lipinski definition) is 3.